The lowest BCUT2D eigenvalue weighted by molar-refractivity contribution is -0.127. The van der Waals surface area contributed by atoms with E-state index in [4.69, 9.17) is 0 Å². The smallest absolute Gasteiger partial charge is 0.243 e. The van der Waals surface area contributed by atoms with Crippen LogP contribution in [0.15, 0.2) is 35.3 Å². The Morgan fingerprint density at radius 3 is 2.58 bits per heavy atom. The second-order valence-electron chi connectivity index (χ2n) is 9.43. The van der Waals surface area contributed by atoms with E-state index in [-0.39, 0.29) is 36.4 Å². The number of amides is 1. The second kappa shape index (κ2) is 14.1. The van der Waals surface area contributed by atoms with Crippen molar-refractivity contribution in [3.8, 4) is 0 Å². The van der Waals surface area contributed by atoms with Crippen molar-refractivity contribution in [2.45, 2.75) is 64.2 Å². The fraction of sp³-hybridized carbons (Fsp3) is 0.680. The molecule has 2 saturated heterocycles. The average Bonchev–Trinajstić information content (AvgIpc) is 3.25. The van der Waals surface area contributed by atoms with E-state index in [0.717, 1.165) is 45.0 Å². The van der Waals surface area contributed by atoms with Gasteiger partial charge in [0.05, 0.1) is 0 Å². The highest BCUT2D eigenvalue weighted by Crippen LogP contribution is 2.20. The van der Waals surface area contributed by atoms with Crippen LogP contribution in [-0.2, 0) is 11.3 Å². The minimum absolute atomic E-state index is 0. The van der Waals surface area contributed by atoms with Crippen molar-refractivity contribution in [2.24, 2.45) is 4.99 Å². The van der Waals surface area contributed by atoms with Gasteiger partial charge in [0.25, 0.3) is 0 Å². The summed E-state index contributed by atoms with van der Waals surface area (Å²) in [7, 11) is 3.56. The molecule has 0 aromatic heterocycles. The summed E-state index contributed by atoms with van der Waals surface area (Å²) in [6, 6.07) is 12.1. The second-order valence-corrected chi connectivity index (χ2v) is 9.43. The maximum Gasteiger partial charge on any atom is 0.243 e. The van der Waals surface area contributed by atoms with E-state index in [2.05, 4.69) is 69.6 Å². The predicted octanol–water partition coefficient (Wildman–Crippen LogP) is 2.77. The van der Waals surface area contributed by atoms with E-state index in [1.807, 2.05) is 0 Å². The maximum absolute atomic E-state index is 12.1. The van der Waals surface area contributed by atoms with Crippen LogP contribution in [0.2, 0.25) is 0 Å². The molecule has 8 heteroatoms. The number of guanidine groups is 1. The molecule has 7 nitrogen and oxygen atoms in total. The van der Waals surface area contributed by atoms with Crippen molar-refractivity contribution < 1.29 is 4.79 Å². The van der Waals surface area contributed by atoms with Crippen LogP contribution >= 0.6 is 24.0 Å². The number of nitrogens with zero attached hydrogens (tertiary/aromatic N) is 4. The van der Waals surface area contributed by atoms with Gasteiger partial charge in [-0.1, -0.05) is 37.3 Å². The van der Waals surface area contributed by atoms with E-state index in [9.17, 15) is 4.79 Å². The van der Waals surface area contributed by atoms with Crippen molar-refractivity contribution in [2.75, 3.05) is 46.8 Å². The van der Waals surface area contributed by atoms with Gasteiger partial charge in [0.1, 0.15) is 6.54 Å². The molecular weight excluding hydrogens is 527 g/mol. The number of hydrogen-bond acceptors (Lipinski definition) is 4. The topological polar surface area (TPSA) is 63.2 Å². The number of nitrogens with one attached hydrogen (secondary N) is 2. The molecule has 2 N–H and O–H groups in total. The Morgan fingerprint density at radius 2 is 1.91 bits per heavy atom. The molecule has 0 saturated carbocycles. The Bertz CT molecular complexity index is 744. The minimum atomic E-state index is 0. The predicted molar refractivity (Wildman–Crippen MR) is 147 cm³/mol. The van der Waals surface area contributed by atoms with E-state index in [1.165, 1.54) is 24.9 Å². The Balaban J connectivity index is 0.00000385. The molecule has 1 aromatic rings. The number of carbonyl (C=O) groups is 1. The van der Waals surface area contributed by atoms with Gasteiger partial charge in [0, 0.05) is 51.9 Å². The fourth-order valence-corrected chi connectivity index (χ4v) is 4.80. The fourth-order valence-electron chi connectivity index (χ4n) is 4.80. The van der Waals surface area contributed by atoms with Gasteiger partial charge in [0.2, 0.25) is 5.91 Å². The third-order valence-corrected chi connectivity index (χ3v) is 6.86. The van der Waals surface area contributed by atoms with Crippen LogP contribution in [0, 0.1) is 0 Å². The van der Waals surface area contributed by atoms with Gasteiger partial charge in [-0.05, 0) is 51.3 Å². The highest BCUT2D eigenvalue weighted by molar-refractivity contribution is 14.0. The van der Waals surface area contributed by atoms with Crippen molar-refractivity contribution in [1.29, 1.82) is 0 Å². The summed E-state index contributed by atoms with van der Waals surface area (Å²) in [6.45, 7) is 9.91. The number of carbonyl (C=O) groups excluding carboxylic acids is 1. The van der Waals surface area contributed by atoms with Crippen LogP contribution in [0.3, 0.4) is 0 Å². The van der Waals surface area contributed by atoms with Gasteiger partial charge in [-0.2, -0.15) is 0 Å². The first-order valence-corrected chi connectivity index (χ1v) is 12.2. The summed E-state index contributed by atoms with van der Waals surface area (Å²) in [5, 5.41) is 7.19. The van der Waals surface area contributed by atoms with Crippen LogP contribution in [0.25, 0.3) is 0 Å². The van der Waals surface area contributed by atoms with Crippen LogP contribution in [0.4, 0.5) is 0 Å². The Labute approximate surface area is 217 Å². The normalized spacial score (nSPS) is 24.2. The number of likely N-dealkylation sites (N-methyl/N-ethyl adjacent to an activating group) is 2. The molecular formula is C25H43IN6O. The lowest BCUT2D eigenvalue weighted by Crippen LogP contribution is -2.53. The molecule has 2 heterocycles. The zero-order chi connectivity index (χ0) is 22.9. The number of piperidine rings is 1. The number of benzene rings is 1. The third-order valence-electron chi connectivity index (χ3n) is 6.86. The molecule has 3 atom stereocenters. The summed E-state index contributed by atoms with van der Waals surface area (Å²) >= 11 is 0. The Hall–Kier alpha value is -1.39. The molecule has 3 rings (SSSR count). The lowest BCUT2D eigenvalue weighted by atomic mass is 9.97. The highest BCUT2D eigenvalue weighted by atomic mass is 127. The molecule has 186 valence electrons. The molecule has 1 aromatic carbocycles. The number of rotatable bonds is 8. The first-order chi connectivity index (χ1) is 15.5. The van der Waals surface area contributed by atoms with Crippen LogP contribution < -0.4 is 10.6 Å². The summed E-state index contributed by atoms with van der Waals surface area (Å²) in [5.74, 6) is 0.796. The van der Waals surface area contributed by atoms with Crippen molar-refractivity contribution >= 4 is 35.8 Å². The van der Waals surface area contributed by atoms with Gasteiger partial charge in [-0.25, -0.2) is 4.99 Å². The van der Waals surface area contributed by atoms with Gasteiger partial charge in [-0.3, -0.25) is 14.6 Å². The van der Waals surface area contributed by atoms with E-state index < -0.39 is 0 Å². The molecule has 2 aliphatic heterocycles. The number of halogens is 1. The summed E-state index contributed by atoms with van der Waals surface area (Å²) < 4.78 is 0. The number of hydrogen-bond donors (Lipinski definition) is 2. The molecule has 3 unspecified atom stereocenters. The number of likely N-dealkylation sites (tertiary alicyclic amines) is 2. The molecule has 0 spiro atoms. The quantitative estimate of drug-likeness (QED) is 0.286. The Morgan fingerprint density at radius 1 is 1.15 bits per heavy atom. The van der Waals surface area contributed by atoms with Gasteiger partial charge < -0.3 is 15.5 Å². The average molecular weight is 571 g/mol. The summed E-state index contributed by atoms with van der Waals surface area (Å²) in [4.78, 5) is 23.4. The van der Waals surface area contributed by atoms with Crippen LogP contribution in [0.1, 0.15) is 45.1 Å². The van der Waals surface area contributed by atoms with Crippen LogP contribution in [-0.4, -0.2) is 91.5 Å². The van der Waals surface area contributed by atoms with Crippen molar-refractivity contribution in [1.82, 2.24) is 25.3 Å². The number of aliphatic imine (C=N–C) groups is 1. The van der Waals surface area contributed by atoms with E-state index >= 15 is 0 Å². The van der Waals surface area contributed by atoms with Gasteiger partial charge in [-0.15, -0.1) is 24.0 Å². The standard InChI is InChI=1S/C25H42N6O.HI/c1-5-30-14-9-12-23(30)17-26-25(27-18-24(32)29(3)4)28-22-13-15-31(20(2)16-22)19-21-10-7-6-8-11-21;/h6-8,10-11,20,22-23H,5,9,12-19H2,1-4H3,(H2,26,27,28);1H. The minimum Gasteiger partial charge on any atom is -0.355 e. The van der Waals surface area contributed by atoms with Crippen molar-refractivity contribution in [3.63, 3.8) is 0 Å². The molecule has 0 aliphatic carbocycles. The zero-order valence-corrected chi connectivity index (χ0v) is 23.1. The largest absolute Gasteiger partial charge is 0.355 e. The summed E-state index contributed by atoms with van der Waals surface area (Å²) in [5.41, 5.74) is 1.37. The van der Waals surface area contributed by atoms with Crippen molar-refractivity contribution in [3.05, 3.63) is 35.9 Å². The van der Waals surface area contributed by atoms with Gasteiger partial charge >= 0.3 is 0 Å². The lowest BCUT2D eigenvalue weighted by Gasteiger charge is -2.38. The molecule has 1 amide bonds. The van der Waals surface area contributed by atoms with Crippen LogP contribution in [0.5, 0.6) is 0 Å². The SMILES string of the molecule is CCN1CCCC1CNC(=NCC(=O)N(C)C)NC1CCN(Cc2ccccc2)C(C)C1.I. The van der Waals surface area contributed by atoms with E-state index in [1.54, 1.807) is 19.0 Å². The zero-order valence-electron chi connectivity index (χ0n) is 20.8. The van der Waals surface area contributed by atoms with Gasteiger partial charge in [0.15, 0.2) is 5.96 Å². The third kappa shape index (κ3) is 8.72. The Kier molecular flexibility index (Phi) is 11.9. The van der Waals surface area contributed by atoms with E-state index in [0.29, 0.717) is 18.1 Å². The molecule has 33 heavy (non-hydrogen) atoms. The monoisotopic (exact) mass is 570 g/mol. The molecule has 0 bridgehead atoms. The molecule has 2 fully saturated rings. The maximum atomic E-state index is 12.1. The summed E-state index contributed by atoms with van der Waals surface area (Å²) in [6.07, 6.45) is 4.62. The highest BCUT2D eigenvalue weighted by Gasteiger charge is 2.27. The molecule has 0 radical (unpaired) electrons. The first kappa shape index (κ1) is 27.9. The molecule has 2 aliphatic rings. The first-order valence-electron chi connectivity index (χ1n) is 12.2.